The molecule has 1 aliphatic heterocycles. The van der Waals surface area contributed by atoms with Crippen LogP contribution in [0, 0.1) is 0 Å². The van der Waals surface area contributed by atoms with Crippen molar-refractivity contribution in [3.63, 3.8) is 0 Å². The highest BCUT2D eigenvalue weighted by atomic mass is 16.7. The molecule has 0 atom stereocenters. The number of nitrogens with zero attached hydrogens (tertiary/aromatic N) is 3. The third-order valence-corrected chi connectivity index (χ3v) is 2.39. The van der Waals surface area contributed by atoms with Crippen LogP contribution in [0.3, 0.4) is 0 Å². The Morgan fingerprint density at radius 1 is 1.47 bits per heavy atom. The molecule has 1 aliphatic rings. The summed E-state index contributed by atoms with van der Waals surface area (Å²) >= 11 is 0. The predicted octanol–water partition coefficient (Wildman–Crippen LogP) is -0.165. The van der Waals surface area contributed by atoms with Crippen LogP contribution in [0.25, 0.3) is 6.08 Å². The van der Waals surface area contributed by atoms with Crippen LogP contribution >= 0.6 is 0 Å². The molecule has 90 valence electrons. The second-order valence-corrected chi connectivity index (χ2v) is 3.31. The third kappa shape index (κ3) is 1.92. The summed E-state index contributed by atoms with van der Waals surface area (Å²) in [6.07, 6.45) is 4.49. The van der Waals surface area contributed by atoms with Crippen LogP contribution < -0.4 is 5.56 Å². The quantitative estimate of drug-likeness (QED) is 0.665. The van der Waals surface area contributed by atoms with E-state index in [1.165, 1.54) is 30.0 Å². The van der Waals surface area contributed by atoms with Gasteiger partial charge in [-0.25, -0.2) is 14.8 Å². The van der Waals surface area contributed by atoms with Crippen molar-refractivity contribution >= 4 is 12.0 Å². The highest BCUT2D eigenvalue weighted by molar-refractivity contribution is 5.88. The number of carbonyl (C=O) groups excluding carboxylic acids is 1. The maximum atomic E-state index is 12.0. The van der Waals surface area contributed by atoms with Crippen molar-refractivity contribution < 1.29 is 14.4 Å². The molecule has 0 bridgehead atoms. The Balaban J connectivity index is 2.50. The Bertz CT molecular complexity index is 535. The molecule has 0 amide bonds. The number of hydrogen-bond acceptors (Lipinski definition) is 6. The zero-order valence-electron chi connectivity index (χ0n) is 9.41. The van der Waals surface area contributed by atoms with E-state index in [0.29, 0.717) is 5.82 Å². The van der Waals surface area contributed by atoms with Gasteiger partial charge < -0.3 is 4.74 Å². The van der Waals surface area contributed by atoms with E-state index in [9.17, 15) is 9.59 Å². The van der Waals surface area contributed by atoms with Crippen LogP contribution in [0.15, 0.2) is 17.2 Å². The Hall–Kier alpha value is -2.15. The van der Waals surface area contributed by atoms with Crippen molar-refractivity contribution in [1.82, 2.24) is 14.6 Å². The molecule has 0 unspecified atom stereocenters. The topological polar surface area (TPSA) is 73.7 Å². The van der Waals surface area contributed by atoms with Gasteiger partial charge in [0.2, 0.25) is 0 Å². The summed E-state index contributed by atoms with van der Waals surface area (Å²) in [5.74, 6) is -0.229. The van der Waals surface area contributed by atoms with E-state index in [0.717, 1.165) is 0 Å². The van der Waals surface area contributed by atoms with Crippen LogP contribution in [0.5, 0.6) is 0 Å². The smallest absolute Gasteiger partial charge is 0.345 e. The number of hydrogen-bond donors (Lipinski definition) is 0. The van der Waals surface area contributed by atoms with Crippen molar-refractivity contribution in [3.8, 4) is 0 Å². The molecule has 0 fully saturated rings. The van der Waals surface area contributed by atoms with E-state index in [-0.39, 0.29) is 12.2 Å². The monoisotopic (exact) mass is 237 g/mol. The second-order valence-electron chi connectivity index (χ2n) is 3.31. The largest absolute Gasteiger partial charge is 0.465 e. The van der Waals surface area contributed by atoms with E-state index < -0.39 is 11.5 Å². The van der Waals surface area contributed by atoms with Gasteiger partial charge in [0.25, 0.3) is 5.56 Å². The Morgan fingerprint density at radius 2 is 2.24 bits per heavy atom. The van der Waals surface area contributed by atoms with Gasteiger partial charge in [-0.05, 0) is 6.08 Å². The molecule has 1 aromatic rings. The molecule has 0 saturated carbocycles. The molecule has 2 rings (SSSR count). The molecule has 17 heavy (non-hydrogen) atoms. The molecular formula is C10H11N3O4. The molecule has 1 aromatic heterocycles. The summed E-state index contributed by atoms with van der Waals surface area (Å²) in [7, 11) is 2.70. The van der Waals surface area contributed by atoms with E-state index >= 15 is 0 Å². The first kappa shape index (κ1) is 11.3. The number of esters is 1. The van der Waals surface area contributed by atoms with E-state index in [1.54, 1.807) is 12.3 Å². The van der Waals surface area contributed by atoms with E-state index in [2.05, 4.69) is 9.72 Å². The average molecular weight is 237 g/mol. The van der Waals surface area contributed by atoms with Gasteiger partial charge >= 0.3 is 5.97 Å². The molecule has 0 spiro atoms. The highest BCUT2D eigenvalue weighted by Crippen LogP contribution is 2.08. The zero-order chi connectivity index (χ0) is 12.4. The number of ether oxygens (including phenoxy) is 1. The average Bonchev–Trinajstić information content (AvgIpc) is 2.38. The van der Waals surface area contributed by atoms with Crippen LogP contribution in [-0.2, 0) is 16.2 Å². The number of aromatic nitrogens is 2. The van der Waals surface area contributed by atoms with Crippen molar-refractivity contribution in [2.45, 2.75) is 6.67 Å². The first-order chi connectivity index (χ1) is 8.17. The second kappa shape index (κ2) is 4.38. The molecule has 0 N–H and O–H groups in total. The fourth-order valence-electron chi connectivity index (χ4n) is 1.48. The maximum Gasteiger partial charge on any atom is 0.345 e. The van der Waals surface area contributed by atoms with Crippen LogP contribution in [0.2, 0.25) is 0 Å². The Morgan fingerprint density at radius 3 is 2.88 bits per heavy atom. The fraction of sp³-hybridized carbons (Fsp3) is 0.300. The predicted molar refractivity (Wildman–Crippen MR) is 57.7 cm³/mol. The van der Waals surface area contributed by atoms with Gasteiger partial charge in [-0.15, -0.1) is 0 Å². The molecule has 2 heterocycles. The molecule has 0 aliphatic carbocycles. The standard InChI is InChI=1S/C10H11N3O4/c1-16-10(15)7-5-11-8-3-4-12(17-2)6-13(8)9(7)14/h3-5H,6H2,1-2H3. The van der Waals surface area contributed by atoms with E-state index in [4.69, 9.17) is 4.84 Å². The van der Waals surface area contributed by atoms with Gasteiger partial charge in [0.1, 0.15) is 18.1 Å². The first-order valence-corrected chi connectivity index (χ1v) is 4.84. The van der Waals surface area contributed by atoms with Gasteiger partial charge in [-0.1, -0.05) is 0 Å². The molecule has 0 aromatic carbocycles. The van der Waals surface area contributed by atoms with Gasteiger partial charge in [0.05, 0.1) is 14.2 Å². The Labute approximate surface area is 96.8 Å². The summed E-state index contributed by atoms with van der Waals surface area (Å²) in [5.41, 5.74) is -0.546. The lowest BCUT2D eigenvalue weighted by molar-refractivity contribution is -0.113. The normalized spacial score (nSPS) is 13.4. The lowest BCUT2D eigenvalue weighted by Crippen LogP contribution is -2.36. The van der Waals surface area contributed by atoms with Gasteiger partial charge in [0, 0.05) is 12.4 Å². The minimum Gasteiger partial charge on any atom is -0.465 e. The molecule has 7 heteroatoms. The summed E-state index contributed by atoms with van der Waals surface area (Å²) in [6, 6.07) is 0. The molecular weight excluding hydrogens is 226 g/mol. The minimum absolute atomic E-state index is 0.0948. The van der Waals surface area contributed by atoms with Crippen molar-refractivity contribution in [2.75, 3.05) is 14.2 Å². The van der Waals surface area contributed by atoms with Gasteiger partial charge in [-0.3, -0.25) is 14.2 Å². The SMILES string of the molecule is COC(=O)c1cnc2n(c1=O)CN(OC)C=C2. The summed E-state index contributed by atoms with van der Waals surface area (Å²) in [4.78, 5) is 32.3. The number of carbonyl (C=O) groups is 1. The van der Waals surface area contributed by atoms with Crippen molar-refractivity contribution in [1.29, 1.82) is 0 Å². The zero-order valence-corrected chi connectivity index (χ0v) is 9.41. The van der Waals surface area contributed by atoms with Crippen LogP contribution in [0.4, 0.5) is 0 Å². The third-order valence-electron chi connectivity index (χ3n) is 2.39. The number of fused-ring (bicyclic) bond motifs is 1. The summed E-state index contributed by atoms with van der Waals surface area (Å²) in [5, 5.41) is 1.44. The highest BCUT2D eigenvalue weighted by Gasteiger charge is 2.18. The van der Waals surface area contributed by atoms with Gasteiger partial charge in [0.15, 0.2) is 0 Å². The fourth-order valence-corrected chi connectivity index (χ4v) is 1.48. The van der Waals surface area contributed by atoms with Crippen molar-refractivity contribution in [2.24, 2.45) is 0 Å². The van der Waals surface area contributed by atoms with E-state index in [1.807, 2.05) is 0 Å². The van der Waals surface area contributed by atoms with Crippen LogP contribution in [-0.4, -0.2) is 34.8 Å². The summed E-state index contributed by atoms with van der Waals surface area (Å²) in [6.45, 7) is 0.180. The number of rotatable bonds is 2. The molecule has 0 radical (unpaired) electrons. The molecule has 7 nitrogen and oxygen atoms in total. The minimum atomic E-state index is -0.698. The maximum absolute atomic E-state index is 12.0. The number of hydroxylamine groups is 2. The summed E-state index contributed by atoms with van der Waals surface area (Å²) < 4.78 is 5.84. The number of methoxy groups -OCH3 is 1. The molecule has 0 saturated heterocycles. The van der Waals surface area contributed by atoms with Crippen LogP contribution in [0.1, 0.15) is 16.2 Å². The lowest BCUT2D eigenvalue weighted by atomic mass is 10.3. The van der Waals surface area contributed by atoms with Gasteiger partial charge in [-0.2, -0.15) is 0 Å². The first-order valence-electron chi connectivity index (χ1n) is 4.84. The van der Waals surface area contributed by atoms with Crippen molar-refractivity contribution in [3.05, 3.63) is 34.1 Å². The lowest BCUT2D eigenvalue weighted by Gasteiger charge is -2.23. The Kier molecular flexibility index (Phi) is 2.92.